The van der Waals surface area contributed by atoms with Gasteiger partial charge >= 0.3 is 0 Å². The van der Waals surface area contributed by atoms with Gasteiger partial charge in [0.25, 0.3) is 0 Å². The van der Waals surface area contributed by atoms with Crippen LogP contribution in [0.2, 0.25) is 5.02 Å². The molecule has 1 aromatic carbocycles. The maximum Gasteiger partial charge on any atom is 0.220 e. The number of rotatable bonds is 5. The molecule has 0 radical (unpaired) electrons. The summed E-state index contributed by atoms with van der Waals surface area (Å²) in [4.78, 5) is 18.4. The number of halogens is 2. The smallest absolute Gasteiger partial charge is 0.220 e. The van der Waals surface area contributed by atoms with Gasteiger partial charge in [-0.15, -0.1) is 24.0 Å². The van der Waals surface area contributed by atoms with Crippen LogP contribution in [0.4, 0.5) is 0 Å². The summed E-state index contributed by atoms with van der Waals surface area (Å²) in [5, 5.41) is 7.14. The van der Waals surface area contributed by atoms with Crippen LogP contribution in [0.3, 0.4) is 0 Å². The van der Waals surface area contributed by atoms with Crippen LogP contribution in [0.1, 0.15) is 44.1 Å². The Kier molecular flexibility index (Phi) is 8.86. The van der Waals surface area contributed by atoms with Gasteiger partial charge in [-0.05, 0) is 49.3 Å². The van der Waals surface area contributed by atoms with Gasteiger partial charge in [0.05, 0.1) is 0 Å². The van der Waals surface area contributed by atoms with Gasteiger partial charge in [-0.3, -0.25) is 9.79 Å². The van der Waals surface area contributed by atoms with Crippen molar-refractivity contribution in [1.82, 2.24) is 15.5 Å². The number of benzene rings is 1. The van der Waals surface area contributed by atoms with Gasteiger partial charge in [-0.25, -0.2) is 0 Å². The summed E-state index contributed by atoms with van der Waals surface area (Å²) >= 11 is 6.06. The zero-order chi connectivity index (χ0) is 19.3. The molecule has 1 aliphatic heterocycles. The molecule has 28 heavy (non-hydrogen) atoms. The van der Waals surface area contributed by atoms with E-state index in [1.807, 2.05) is 19.2 Å². The fourth-order valence-electron chi connectivity index (χ4n) is 4.27. The number of aliphatic imine (C=N–C) groups is 1. The van der Waals surface area contributed by atoms with Crippen molar-refractivity contribution in [3.63, 3.8) is 0 Å². The second-order valence-electron chi connectivity index (χ2n) is 7.85. The highest BCUT2D eigenvalue weighted by Crippen LogP contribution is 2.43. The van der Waals surface area contributed by atoms with E-state index < -0.39 is 0 Å². The minimum Gasteiger partial charge on any atom is -0.359 e. The van der Waals surface area contributed by atoms with Crippen LogP contribution in [0.25, 0.3) is 0 Å². The van der Waals surface area contributed by atoms with Crippen molar-refractivity contribution in [2.75, 3.05) is 33.7 Å². The lowest BCUT2D eigenvalue weighted by atomic mass is 9.64. The van der Waals surface area contributed by atoms with Crippen LogP contribution in [0, 0.1) is 5.92 Å². The molecule has 5 nitrogen and oxygen atoms in total. The molecule has 1 saturated heterocycles. The Morgan fingerprint density at radius 3 is 2.39 bits per heavy atom. The Balaban J connectivity index is 0.00000280. The van der Waals surface area contributed by atoms with Gasteiger partial charge in [0, 0.05) is 50.6 Å². The quantitative estimate of drug-likeness (QED) is 0.354. The van der Waals surface area contributed by atoms with E-state index >= 15 is 0 Å². The number of carbonyl (C=O) groups is 1. The topological polar surface area (TPSA) is 56.7 Å². The van der Waals surface area contributed by atoms with E-state index in [0.29, 0.717) is 12.3 Å². The number of piperidine rings is 1. The Morgan fingerprint density at radius 2 is 1.89 bits per heavy atom. The van der Waals surface area contributed by atoms with E-state index in [-0.39, 0.29) is 35.3 Å². The summed E-state index contributed by atoms with van der Waals surface area (Å²) < 4.78 is 0. The van der Waals surface area contributed by atoms with Crippen molar-refractivity contribution in [1.29, 1.82) is 0 Å². The molecule has 1 amide bonds. The molecule has 1 aliphatic carbocycles. The number of nitrogens with one attached hydrogen (secondary N) is 2. The van der Waals surface area contributed by atoms with Gasteiger partial charge in [0.1, 0.15) is 0 Å². The lowest BCUT2D eigenvalue weighted by Gasteiger charge is -2.44. The maximum absolute atomic E-state index is 11.6. The molecule has 0 atom stereocenters. The van der Waals surface area contributed by atoms with E-state index in [4.69, 9.17) is 11.6 Å². The number of likely N-dealkylation sites (tertiary alicyclic amines) is 1. The molecule has 156 valence electrons. The second kappa shape index (κ2) is 10.7. The molecule has 1 aromatic rings. The number of nitrogens with zero attached hydrogens (tertiary/aromatic N) is 2. The summed E-state index contributed by atoms with van der Waals surface area (Å²) in [5.74, 6) is 1.60. The Morgan fingerprint density at radius 1 is 1.25 bits per heavy atom. The summed E-state index contributed by atoms with van der Waals surface area (Å²) in [6.07, 6.45) is 6.39. The third-order valence-electron chi connectivity index (χ3n) is 6.23. The van der Waals surface area contributed by atoms with Gasteiger partial charge < -0.3 is 15.5 Å². The number of guanidine groups is 1. The standard InChI is InChI=1S/C21H31ClN4O.HI/c1-23-19(27)14-16-8-12-26(13-9-16)20(24-2)25-15-21(10-3-11-21)17-4-6-18(22)7-5-17;/h4-7,16H,3,8-15H2,1-2H3,(H,23,27)(H,24,25);1H. The van der Waals surface area contributed by atoms with Crippen molar-refractivity contribution in [3.05, 3.63) is 34.9 Å². The van der Waals surface area contributed by atoms with Crippen LogP contribution in [0.15, 0.2) is 29.3 Å². The molecule has 7 heteroatoms. The third-order valence-corrected chi connectivity index (χ3v) is 6.48. The van der Waals surface area contributed by atoms with E-state index in [9.17, 15) is 4.79 Å². The molecule has 1 heterocycles. The molecule has 2 aliphatic rings. The summed E-state index contributed by atoms with van der Waals surface area (Å²) in [7, 11) is 3.56. The molecule has 0 unspecified atom stereocenters. The SMILES string of the molecule is CN=C(NCC1(c2ccc(Cl)cc2)CCC1)N1CCC(CC(=O)NC)CC1.I. The van der Waals surface area contributed by atoms with Crippen LogP contribution >= 0.6 is 35.6 Å². The summed E-state index contributed by atoms with van der Waals surface area (Å²) in [6, 6.07) is 8.30. The monoisotopic (exact) mass is 518 g/mol. The van der Waals surface area contributed by atoms with Crippen LogP contribution in [0.5, 0.6) is 0 Å². The highest BCUT2D eigenvalue weighted by atomic mass is 127. The molecule has 0 aromatic heterocycles. The lowest BCUT2D eigenvalue weighted by Crippen LogP contribution is -2.51. The largest absolute Gasteiger partial charge is 0.359 e. The zero-order valence-electron chi connectivity index (χ0n) is 16.8. The summed E-state index contributed by atoms with van der Waals surface area (Å²) in [5.41, 5.74) is 1.56. The first-order chi connectivity index (χ1) is 13.1. The van der Waals surface area contributed by atoms with E-state index in [0.717, 1.165) is 43.5 Å². The van der Waals surface area contributed by atoms with Gasteiger partial charge in [0.2, 0.25) is 5.91 Å². The fraction of sp³-hybridized carbons (Fsp3) is 0.619. The lowest BCUT2D eigenvalue weighted by molar-refractivity contribution is -0.121. The van der Waals surface area contributed by atoms with Gasteiger partial charge in [-0.1, -0.05) is 30.2 Å². The molecule has 0 bridgehead atoms. The summed E-state index contributed by atoms with van der Waals surface area (Å²) in [6.45, 7) is 2.81. The minimum absolute atomic E-state index is 0. The Bertz CT molecular complexity index is 667. The fourth-order valence-corrected chi connectivity index (χ4v) is 4.39. The van der Waals surface area contributed by atoms with Crippen molar-refractivity contribution >= 4 is 47.4 Å². The van der Waals surface area contributed by atoms with Gasteiger partial charge in [-0.2, -0.15) is 0 Å². The Labute approximate surface area is 190 Å². The van der Waals surface area contributed by atoms with E-state index in [2.05, 4.69) is 32.7 Å². The molecule has 1 saturated carbocycles. The number of hydrogen-bond donors (Lipinski definition) is 2. The molecule has 2 fully saturated rings. The van der Waals surface area contributed by atoms with Gasteiger partial charge in [0.15, 0.2) is 5.96 Å². The predicted molar refractivity (Wildman–Crippen MR) is 127 cm³/mol. The highest BCUT2D eigenvalue weighted by Gasteiger charge is 2.39. The molecular formula is C21H32ClIN4O. The van der Waals surface area contributed by atoms with Crippen molar-refractivity contribution in [2.45, 2.75) is 43.9 Å². The van der Waals surface area contributed by atoms with E-state index in [1.165, 1.54) is 24.8 Å². The highest BCUT2D eigenvalue weighted by molar-refractivity contribution is 14.0. The first-order valence-electron chi connectivity index (χ1n) is 9.98. The first kappa shape index (κ1) is 23.3. The second-order valence-corrected chi connectivity index (χ2v) is 8.29. The van der Waals surface area contributed by atoms with Crippen molar-refractivity contribution in [2.24, 2.45) is 10.9 Å². The van der Waals surface area contributed by atoms with E-state index in [1.54, 1.807) is 7.05 Å². The predicted octanol–water partition coefficient (Wildman–Crippen LogP) is 3.80. The third kappa shape index (κ3) is 5.53. The van der Waals surface area contributed by atoms with Crippen LogP contribution < -0.4 is 10.6 Å². The number of carbonyl (C=O) groups excluding carboxylic acids is 1. The first-order valence-corrected chi connectivity index (χ1v) is 10.4. The van der Waals surface area contributed by atoms with Crippen LogP contribution in [-0.4, -0.2) is 50.5 Å². The van der Waals surface area contributed by atoms with Crippen LogP contribution in [-0.2, 0) is 10.2 Å². The molecule has 0 spiro atoms. The molecular weight excluding hydrogens is 487 g/mol. The number of amides is 1. The normalized spacial score (nSPS) is 19.4. The average molecular weight is 519 g/mol. The minimum atomic E-state index is 0. The van der Waals surface area contributed by atoms with Crippen molar-refractivity contribution in [3.8, 4) is 0 Å². The molecule has 3 rings (SSSR count). The zero-order valence-corrected chi connectivity index (χ0v) is 19.9. The molecule has 2 N–H and O–H groups in total. The Hall–Kier alpha value is -1.02. The number of hydrogen-bond acceptors (Lipinski definition) is 2. The maximum atomic E-state index is 11.6. The average Bonchev–Trinajstić information content (AvgIpc) is 2.66. The van der Waals surface area contributed by atoms with Crippen molar-refractivity contribution < 1.29 is 4.79 Å².